The van der Waals surface area contributed by atoms with E-state index in [1.807, 2.05) is 42.4 Å². The van der Waals surface area contributed by atoms with Gasteiger partial charge in [0.2, 0.25) is 0 Å². The lowest BCUT2D eigenvalue weighted by Gasteiger charge is -2.33. The third kappa shape index (κ3) is 5.29. The Bertz CT molecular complexity index is 1430. The van der Waals surface area contributed by atoms with Crippen LogP contribution in [0.1, 0.15) is 23.1 Å². The fraction of sp³-hybridized carbons (Fsp3) is 0.308. The average Bonchev–Trinajstić information content (AvgIpc) is 3.31. The Hall–Kier alpha value is -3.92. The minimum atomic E-state index is -0.511. The lowest BCUT2D eigenvalue weighted by Crippen LogP contribution is -2.46. The second-order valence-corrected chi connectivity index (χ2v) is 9.38. The van der Waals surface area contributed by atoms with Crippen molar-refractivity contribution in [2.24, 2.45) is 0 Å². The first-order valence-corrected chi connectivity index (χ1v) is 12.3. The van der Waals surface area contributed by atoms with Crippen molar-refractivity contribution in [3.05, 3.63) is 76.5 Å². The molecule has 2 aromatic heterocycles. The molecule has 3 heterocycles. The summed E-state index contributed by atoms with van der Waals surface area (Å²) < 4.78 is 21.5. The highest BCUT2D eigenvalue weighted by Gasteiger charge is 2.22. The number of halogens is 2. The van der Waals surface area contributed by atoms with Gasteiger partial charge in [0.05, 0.1) is 19.0 Å². The van der Waals surface area contributed by atoms with Crippen LogP contribution in [0.5, 0.6) is 5.75 Å². The van der Waals surface area contributed by atoms with Gasteiger partial charge in [0.25, 0.3) is 0 Å². The first-order chi connectivity index (χ1) is 17.9. The molecule has 1 fully saturated rings. The molecule has 1 aliphatic heterocycles. The van der Waals surface area contributed by atoms with Crippen molar-refractivity contribution in [1.82, 2.24) is 29.5 Å². The maximum Gasteiger partial charge on any atom is 0.320 e. The first kappa shape index (κ1) is 24.8. The SMILES string of the molecule is COc1ccc(Cl)c(CNc2ncnc3nn(Cc4ccc(CN5CCCN(C)C5=O)cc4)cc23)c1F. The molecular weight excluding hydrogens is 497 g/mol. The fourth-order valence-electron chi connectivity index (χ4n) is 4.41. The van der Waals surface area contributed by atoms with Crippen LogP contribution in [-0.2, 0) is 19.6 Å². The molecule has 192 valence electrons. The number of nitrogens with one attached hydrogen (secondary N) is 1. The van der Waals surface area contributed by atoms with E-state index in [1.165, 1.54) is 19.5 Å². The molecule has 0 bridgehead atoms. The summed E-state index contributed by atoms with van der Waals surface area (Å²) in [6.07, 6.45) is 4.26. The van der Waals surface area contributed by atoms with Crippen molar-refractivity contribution in [1.29, 1.82) is 0 Å². The summed E-state index contributed by atoms with van der Waals surface area (Å²) >= 11 is 6.21. The summed E-state index contributed by atoms with van der Waals surface area (Å²) in [4.78, 5) is 24.5. The minimum absolute atomic E-state index is 0.0699. The number of fused-ring (bicyclic) bond motifs is 1. The smallest absolute Gasteiger partial charge is 0.320 e. The topological polar surface area (TPSA) is 88.4 Å². The number of rotatable bonds is 8. The highest BCUT2D eigenvalue weighted by molar-refractivity contribution is 6.31. The van der Waals surface area contributed by atoms with E-state index in [-0.39, 0.29) is 23.9 Å². The summed E-state index contributed by atoms with van der Waals surface area (Å²) in [5.41, 5.74) is 2.96. The Balaban J connectivity index is 1.28. The van der Waals surface area contributed by atoms with Crippen molar-refractivity contribution < 1.29 is 13.9 Å². The lowest BCUT2D eigenvalue weighted by atomic mass is 10.1. The Morgan fingerprint density at radius 3 is 2.59 bits per heavy atom. The summed E-state index contributed by atoms with van der Waals surface area (Å²) in [7, 11) is 3.25. The molecule has 2 amide bonds. The van der Waals surface area contributed by atoms with Crippen LogP contribution in [0.25, 0.3) is 11.0 Å². The van der Waals surface area contributed by atoms with Gasteiger partial charge in [0.1, 0.15) is 12.1 Å². The van der Waals surface area contributed by atoms with Crippen LogP contribution in [-0.4, -0.2) is 62.8 Å². The third-order valence-electron chi connectivity index (χ3n) is 6.43. The van der Waals surface area contributed by atoms with Crippen molar-refractivity contribution in [2.75, 3.05) is 32.6 Å². The van der Waals surface area contributed by atoms with Crippen LogP contribution in [0.4, 0.5) is 15.0 Å². The van der Waals surface area contributed by atoms with E-state index >= 15 is 0 Å². The van der Waals surface area contributed by atoms with E-state index in [2.05, 4.69) is 20.4 Å². The molecule has 0 atom stereocenters. The maximum atomic E-state index is 14.7. The Morgan fingerprint density at radius 1 is 1.08 bits per heavy atom. The van der Waals surface area contributed by atoms with Gasteiger partial charge >= 0.3 is 6.03 Å². The zero-order chi connectivity index (χ0) is 25.9. The molecule has 2 aromatic carbocycles. The van der Waals surface area contributed by atoms with Gasteiger partial charge in [-0.3, -0.25) is 4.68 Å². The number of amides is 2. The minimum Gasteiger partial charge on any atom is -0.494 e. The molecule has 0 radical (unpaired) electrons. The Morgan fingerprint density at radius 2 is 1.84 bits per heavy atom. The zero-order valence-electron chi connectivity index (χ0n) is 20.6. The molecular formula is C26H27ClFN7O2. The highest BCUT2D eigenvalue weighted by atomic mass is 35.5. The Labute approximate surface area is 218 Å². The van der Waals surface area contributed by atoms with E-state index in [0.717, 1.165) is 30.6 Å². The van der Waals surface area contributed by atoms with Gasteiger partial charge in [0, 0.05) is 50.0 Å². The lowest BCUT2D eigenvalue weighted by molar-refractivity contribution is 0.138. The van der Waals surface area contributed by atoms with Crippen LogP contribution in [0.2, 0.25) is 5.02 Å². The second kappa shape index (κ2) is 10.6. The van der Waals surface area contributed by atoms with Crippen LogP contribution >= 0.6 is 11.6 Å². The quantitative estimate of drug-likeness (QED) is 0.364. The van der Waals surface area contributed by atoms with Crippen molar-refractivity contribution in [3.63, 3.8) is 0 Å². The van der Waals surface area contributed by atoms with Gasteiger partial charge in [-0.25, -0.2) is 19.2 Å². The number of carbonyl (C=O) groups is 1. The molecule has 5 rings (SSSR count). The van der Waals surface area contributed by atoms with E-state index in [4.69, 9.17) is 16.3 Å². The van der Waals surface area contributed by atoms with Gasteiger partial charge in [-0.1, -0.05) is 35.9 Å². The van der Waals surface area contributed by atoms with Gasteiger partial charge in [-0.05, 0) is 29.7 Å². The molecule has 1 aliphatic rings. The number of nitrogens with zero attached hydrogens (tertiary/aromatic N) is 6. The molecule has 0 unspecified atom stereocenters. The molecule has 37 heavy (non-hydrogen) atoms. The van der Waals surface area contributed by atoms with Crippen molar-refractivity contribution in [3.8, 4) is 5.75 Å². The molecule has 0 aliphatic carbocycles. The number of hydrogen-bond acceptors (Lipinski definition) is 6. The van der Waals surface area contributed by atoms with Gasteiger partial charge in [-0.2, -0.15) is 5.10 Å². The maximum absolute atomic E-state index is 14.7. The van der Waals surface area contributed by atoms with Crippen LogP contribution in [0, 0.1) is 5.82 Å². The number of benzene rings is 2. The van der Waals surface area contributed by atoms with Crippen LogP contribution in [0.3, 0.4) is 0 Å². The largest absolute Gasteiger partial charge is 0.494 e. The number of carbonyl (C=O) groups excluding carboxylic acids is 1. The summed E-state index contributed by atoms with van der Waals surface area (Å²) in [5.74, 6) is 0.146. The van der Waals surface area contributed by atoms with Crippen molar-refractivity contribution >= 4 is 34.5 Å². The molecule has 0 saturated carbocycles. The van der Waals surface area contributed by atoms with Crippen LogP contribution < -0.4 is 10.1 Å². The summed E-state index contributed by atoms with van der Waals surface area (Å²) in [5, 5.41) is 8.73. The van der Waals surface area contributed by atoms with E-state index in [1.54, 1.807) is 15.6 Å². The molecule has 4 aromatic rings. The van der Waals surface area contributed by atoms with Gasteiger partial charge in [0.15, 0.2) is 17.2 Å². The highest BCUT2D eigenvalue weighted by Crippen LogP contribution is 2.28. The van der Waals surface area contributed by atoms with Crippen LogP contribution in [0.15, 0.2) is 48.9 Å². The number of hydrogen-bond donors (Lipinski definition) is 1. The standard InChI is InChI=1S/C26H27ClFN7O2/c1-33-10-3-11-34(26(33)36)13-17-4-6-18(7-5-17)14-35-15-20-24(30-16-31-25(20)32-35)29-12-19-21(27)8-9-22(37-2)23(19)28/h4-9,15-16H,3,10-14H2,1-2H3,(H,29,30,31,32). The van der Waals surface area contributed by atoms with Gasteiger partial charge < -0.3 is 19.9 Å². The number of ether oxygens (including phenoxy) is 1. The third-order valence-corrected chi connectivity index (χ3v) is 6.78. The number of aromatic nitrogens is 4. The normalized spacial score (nSPS) is 13.9. The molecule has 9 nitrogen and oxygen atoms in total. The number of methoxy groups -OCH3 is 1. The van der Waals surface area contributed by atoms with Gasteiger partial charge in [-0.15, -0.1) is 0 Å². The second-order valence-electron chi connectivity index (χ2n) is 8.98. The predicted molar refractivity (Wildman–Crippen MR) is 139 cm³/mol. The average molecular weight is 524 g/mol. The molecule has 1 saturated heterocycles. The zero-order valence-corrected chi connectivity index (χ0v) is 21.4. The molecule has 1 N–H and O–H groups in total. The van der Waals surface area contributed by atoms with E-state index in [0.29, 0.717) is 35.0 Å². The predicted octanol–water partition coefficient (Wildman–Crippen LogP) is 4.55. The summed E-state index contributed by atoms with van der Waals surface area (Å²) in [6, 6.07) is 11.3. The monoisotopic (exact) mass is 523 g/mol. The summed E-state index contributed by atoms with van der Waals surface area (Å²) in [6.45, 7) is 2.84. The van der Waals surface area contributed by atoms with Crippen molar-refractivity contribution in [2.45, 2.75) is 26.1 Å². The first-order valence-electron chi connectivity index (χ1n) is 11.9. The number of urea groups is 1. The van der Waals surface area contributed by atoms with E-state index < -0.39 is 5.82 Å². The Kier molecular flexibility index (Phi) is 7.09. The van der Waals surface area contributed by atoms with E-state index in [9.17, 15) is 9.18 Å². The number of anilines is 1. The molecule has 11 heteroatoms. The fourth-order valence-corrected chi connectivity index (χ4v) is 4.62. The molecule has 0 spiro atoms.